The van der Waals surface area contributed by atoms with Gasteiger partial charge in [-0.15, -0.1) is 12.4 Å². The SMILES string of the molecule is Cl.NC1CC(NC(=O)c2ccc3c4c(cccc24)CC3)C12CCC2. The largest absolute Gasteiger partial charge is 0.349 e. The Hall–Kier alpha value is -1.58. The smallest absolute Gasteiger partial charge is 0.252 e. The van der Waals surface area contributed by atoms with Crippen LogP contribution in [0.4, 0.5) is 0 Å². The Kier molecular flexibility index (Phi) is 3.63. The minimum absolute atomic E-state index is 0. The van der Waals surface area contributed by atoms with Crippen LogP contribution in [0.1, 0.15) is 47.2 Å². The fraction of sp³-hybridized carbons (Fsp3) is 0.450. The van der Waals surface area contributed by atoms with Gasteiger partial charge in [-0.3, -0.25) is 4.79 Å². The molecule has 2 fully saturated rings. The highest BCUT2D eigenvalue weighted by molar-refractivity contribution is 6.09. The molecule has 5 rings (SSSR count). The van der Waals surface area contributed by atoms with E-state index >= 15 is 0 Å². The zero-order valence-corrected chi connectivity index (χ0v) is 14.5. The van der Waals surface area contributed by atoms with E-state index < -0.39 is 0 Å². The fourth-order valence-electron chi connectivity index (χ4n) is 5.01. The predicted octanol–water partition coefficient (Wildman–Crippen LogP) is 3.36. The van der Waals surface area contributed by atoms with Gasteiger partial charge in [0.15, 0.2) is 0 Å². The third-order valence-corrected chi connectivity index (χ3v) is 6.63. The van der Waals surface area contributed by atoms with Crippen LogP contribution in [0.3, 0.4) is 0 Å². The van der Waals surface area contributed by atoms with E-state index in [0.29, 0.717) is 0 Å². The molecule has 0 aliphatic heterocycles. The van der Waals surface area contributed by atoms with Gasteiger partial charge in [-0.25, -0.2) is 0 Å². The van der Waals surface area contributed by atoms with Crippen LogP contribution in [0.15, 0.2) is 30.3 Å². The molecule has 1 spiro atoms. The molecule has 2 aromatic carbocycles. The van der Waals surface area contributed by atoms with Crippen molar-refractivity contribution in [1.82, 2.24) is 5.32 Å². The van der Waals surface area contributed by atoms with E-state index in [1.807, 2.05) is 6.07 Å². The van der Waals surface area contributed by atoms with Crippen LogP contribution in [0.5, 0.6) is 0 Å². The maximum atomic E-state index is 12.9. The number of nitrogens with two attached hydrogens (primary N) is 1. The first-order chi connectivity index (χ1) is 11.2. The average Bonchev–Trinajstić information content (AvgIpc) is 2.90. The van der Waals surface area contributed by atoms with Gasteiger partial charge in [0.1, 0.15) is 0 Å². The Balaban J connectivity index is 0.00000146. The van der Waals surface area contributed by atoms with Crippen molar-refractivity contribution in [2.45, 2.75) is 50.6 Å². The van der Waals surface area contributed by atoms with Crippen molar-refractivity contribution in [2.75, 3.05) is 0 Å². The van der Waals surface area contributed by atoms with Crippen molar-refractivity contribution >= 4 is 29.1 Å². The van der Waals surface area contributed by atoms with Crippen molar-refractivity contribution in [1.29, 1.82) is 0 Å². The Morgan fingerprint density at radius 3 is 2.54 bits per heavy atom. The van der Waals surface area contributed by atoms with Gasteiger partial charge >= 0.3 is 0 Å². The number of hydrogen-bond acceptors (Lipinski definition) is 2. The van der Waals surface area contributed by atoms with Gasteiger partial charge in [-0.05, 0) is 60.1 Å². The highest BCUT2D eigenvalue weighted by Crippen LogP contribution is 2.55. The summed E-state index contributed by atoms with van der Waals surface area (Å²) in [7, 11) is 0. The Labute approximate surface area is 148 Å². The van der Waals surface area contributed by atoms with Crippen LogP contribution in [0.25, 0.3) is 10.8 Å². The first-order valence-corrected chi connectivity index (χ1v) is 8.79. The number of amides is 1. The molecule has 3 aliphatic carbocycles. The molecule has 3 nitrogen and oxygen atoms in total. The molecule has 1 amide bonds. The number of carbonyl (C=O) groups is 1. The zero-order chi connectivity index (χ0) is 15.6. The maximum absolute atomic E-state index is 12.9. The molecule has 4 heteroatoms. The summed E-state index contributed by atoms with van der Waals surface area (Å²) in [6.07, 6.45) is 6.70. The van der Waals surface area contributed by atoms with Crippen molar-refractivity contribution in [2.24, 2.45) is 11.1 Å². The van der Waals surface area contributed by atoms with E-state index in [1.54, 1.807) is 0 Å². The second-order valence-corrected chi connectivity index (χ2v) is 7.57. The predicted molar refractivity (Wildman–Crippen MR) is 98.7 cm³/mol. The lowest BCUT2D eigenvalue weighted by Crippen LogP contribution is -2.69. The van der Waals surface area contributed by atoms with E-state index in [2.05, 4.69) is 29.6 Å². The third kappa shape index (κ3) is 1.98. The minimum Gasteiger partial charge on any atom is -0.349 e. The maximum Gasteiger partial charge on any atom is 0.252 e. The molecule has 0 bridgehead atoms. The molecule has 0 aromatic heterocycles. The molecular formula is C20H23ClN2O. The number of rotatable bonds is 2. The highest BCUT2D eigenvalue weighted by atomic mass is 35.5. The minimum atomic E-state index is 0. The van der Waals surface area contributed by atoms with Crippen molar-refractivity contribution in [3.05, 3.63) is 47.0 Å². The Morgan fingerprint density at radius 1 is 1.12 bits per heavy atom. The number of halogens is 1. The van der Waals surface area contributed by atoms with Crippen molar-refractivity contribution in [3.8, 4) is 0 Å². The lowest BCUT2D eigenvalue weighted by molar-refractivity contribution is -0.0389. The molecule has 0 radical (unpaired) electrons. The number of hydrogen-bond donors (Lipinski definition) is 2. The molecule has 3 aliphatic rings. The van der Waals surface area contributed by atoms with Crippen LogP contribution < -0.4 is 11.1 Å². The van der Waals surface area contributed by atoms with Gasteiger partial charge in [0.25, 0.3) is 5.91 Å². The Bertz CT molecular complexity index is 817. The summed E-state index contributed by atoms with van der Waals surface area (Å²) in [4.78, 5) is 12.9. The lowest BCUT2D eigenvalue weighted by Gasteiger charge is -2.60. The summed E-state index contributed by atoms with van der Waals surface area (Å²) >= 11 is 0. The van der Waals surface area contributed by atoms with Gasteiger partial charge in [0.05, 0.1) is 0 Å². The van der Waals surface area contributed by atoms with Crippen LogP contribution in [-0.2, 0) is 12.8 Å². The van der Waals surface area contributed by atoms with E-state index in [9.17, 15) is 4.79 Å². The van der Waals surface area contributed by atoms with Gasteiger partial charge in [-0.1, -0.05) is 30.7 Å². The van der Waals surface area contributed by atoms with E-state index in [1.165, 1.54) is 35.8 Å². The first-order valence-electron chi connectivity index (χ1n) is 8.79. The highest BCUT2D eigenvalue weighted by Gasteiger charge is 2.57. The average molecular weight is 343 g/mol. The number of aryl methyl sites for hydroxylation is 2. The summed E-state index contributed by atoms with van der Waals surface area (Å²) in [6.45, 7) is 0. The van der Waals surface area contributed by atoms with Gasteiger partial charge in [-0.2, -0.15) is 0 Å². The van der Waals surface area contributed by atoms with E-state index in [-0.39, 0.29) is 35.8 Å². The molecule has 2 unspecified atom stereocenters. The lowest BCUT2D eigenvalue weighted by atomic mass is 9.50. The normalized spacial score (nSPS) is 25.7. The van der Waals surface area contributed by atoms with Crippen LogP contribution in [0, 0.1) is 5.41 Å². The Morgan fingerprint density at radius 2 is 1.88 bits per heavy atom. The summed E-state index contributed by atoms with van der Waals surface area (Å²) in [5.74, 6) is 0.0729. The molecule has 0 heterocycles. The van der Waals surface area contributed by atoms with Crippen molar-refractivity contribution < 1.29 is 4.79 Å². The summed E-state index contributed by atoms with van der Waals surface area (Å²) in [5.41, 5.74) is 10.00. The van der Waals surface area contributed by atoms with Crippen LogP contribution in [0.2, 0.25) is 0 Å². The number of nitrogens with one attached hydrogen (secondary N) is 1. The van der Waals surface area contributed by atoms with E-state index in [4.69, 9.17) is 5.73 Å². The van der Waals surface area contributed by atoms with Gasteiger partial charge < -0.3 is 11.1 Å². The molecule has 0 saturated heterocycles. The molecule has 24 heavy (non-hydrogen) atoms. The van der Waals surface area contributed by atoms with Crippen LogP contribution >= 0.6 is 12.4 Å². The summed E-state index contributed by atoms with van der Waals surface area (Å²) in [5, 5.41) is 5.71. The van der Waals surface area contributed by atoms with Crippen molar-refractivity contribution in [3.63, 3.8) is 0 Å². The summed E-state index contributed by atoms with van der Waals surface area (Å²) < 4.78 is 0. The first kappa shape index (κ1) is 15.9. The topological polar surface area (TPSA) is 55.1 Å². The zero-order valence-electron chi connectivity index (χ0n) is 13.7. The second kappa shape index (κ2) is 5.47. The fourth-order valence-corrected chi connectivity index (χ4v) is 5.01. The molecule has 2 aromatic rings. The molecule has 3 N–H and O–H groups in total. The molecule has 2 saturated carbocycles. The molecular weight excluding hydrogens is 320 g/mol. The van der Waals surface area contributed by atoms with Crippen LogP contribution in [-0.4, -0.2) is 18.0 Å². The quantitative estimate of drug-likeness (QED) is 0.879. The van der Waals surface area contributed by atoms with Gasteiger partial charge in [0, 0.05) is 23.1 Å². The number of benzene rings is 2. The van der Waals surface area contributed by atoms with E-state index in [0.717, 1.165) is 30.2 Å². The standard InChI is InChI=1S/C20H22N2O.ClH/c21-16-11-17(20(16)9-2-10-20)22-19(23)15-8-7-13-6-5-12-3-1-4-14(15)18(12)13;/h1,3-4,7-8,16-17H,2,5-6,9-11,21H2,(H,22,23);1H. The monoisotopic (exact) mass is 342 g/mol. The number of carbonyl (C=O) groups excluding carboxylic acids is 1. The molecule has 2 atom stereocenters. The molecule has 126 valence electrons. The third-order valence-electron chi connectivity index (χ3n) is 6.63. The summed E-state index contributed by atoms with van der Waals surface area (Å²) in [6, 6.07) is 11.0. The van der Waals surface area contributed by atoms with Gasteiger partial charge in [0.2, 0.25) is 0 Å². The second-order valence-electron chi connectivity index (χ2n) is 7.57.